The molecule has 1 unspecified atom stereocenters. The molecular formula is C12H19N3O2. The number of hydrogen-bond donors (Lipinski definition) is 2. The normalized spacial score (nSPS) is 19.5. The molecule has 0 bridgehead atoms. The Morgan fingerprint density at radius 3 is 3.00 bits per heavy atom. The standard InChI is InChI=1S/C12H19N3O2/c1-8-9(2)17-12(15-8)7-14-11(16)6-10-4-3-5-13-10/h10,13H,3-7H2,1-2H3,(H,14,16). The smallest absolute Gasteiger partial charge is 0.221 e. The lowest BCUT2D eigenvalue weighted by molar-refractivity contribution is -0.121. The Morgan fingerprint density at radius 1 is 1.59 bits per heavy atom. The first-order valence-electron chi connectivity index (χ1n) is 6.08. The van der Waals surface area contributed by atoms with E-state index < -0.39 is 0 Å². The topological polar surface area (TPSA) is 67.2 Å². The van der Waals surface area contributed by atoms with Gasteiger partial charge >= 0.3 is 0 Å². The van der Waals surface area contributed by atoms with Gasteiger partial charge in [0.1, 0.15) is 5.76 Å². The lowest BCUT2D eigenvalue weighted by Gasteiger charge is -2.09. The largest absolute Gasteiger partial charge is 0.444 e. The van der Waals surface area contributed by atoms with Crippen LogP contribution in [0.5, 0.6) is 0 Å². The second kappa shape index (κ2) is 5.31. The molecule has 0 aliphatic carbocycles. The third-order valence-corrected chi connectivity index (χ3v) is 3.10. The maximum atomic E-state index is 11.6. The van der Waals surface area contributed by atoms with Gasteiger partial charge in [-0.1, -0.05) is 0 Å². The van der Waals surface area contributed by atoms with Gasteiger partial charge in [0.05, 0.1) is 12.2 Å². The van der Waals surface area contributed by atoms with Crippen LogP contribution in [0.2, 0.25) is 0 Å². The summed E-state index contributed by atoms with van der Waals surface area (Å²) < 4.78 is 5.39. The molecule has 1 aliphatic heterocycles. The zero-order chi connectivity index (χ0) is 12.3. The maximum Gasteiger partial charge on any atom is 0.221 e. The molecular weight excluding hydrogens is 218 g/mol. The number of nitrogens with zero attached hydrogens (tertiary/aromatic N) is 1. The van der Waals surface area contributed by atoms with Crippen molar-refractivity contribution in [2.45, 2.75) is 45.7 Å². The molecule has 0 aromatic carbocycles. The number of aryl methyl sites for hydroxylation is 2. The van der Waals surface area contributed by atoms with Crippen LogP contribution in [0.3, 0.4) is 0 Å². The lowest BCUT2D eigenvalue weighted by atomic mass is 10.1. The highest BCUT2D eigenvalue weighted by Crippen LogP contribution is 2.10. The van der Waals surface area contributed by atoms with Crippen molar-refractivity contribution in [3.8, 4) is 0 Å². The highest BCUT2D eigenvalue weighted by molar-refractivity contribution is 5.76. The minimum Gasteiger partial charge on any atom is -0.444 e. The molecule has 0 spiro atoms. The van der Waals surface area contributed by atoms with E-state index in [0.717, 1.165) is 30.8 Å². The molecule has 1 aromatic rings. The summed E-state index contributed by atoms with van der Waals surface area (Å²) in [7, 11) is 0. The van der Waals surface area contributed by atoms with Gasteiger partial charge in [0.2, 0.25) is 11.8 Å². The van der Waals surface area contributed by atoms with Crippen molar-refractivity contribution in [3.05, 3.63) is 17.3 Å². The van der Waals surface area contributed by atoms with E-state index in [2.05, 4.69) is 15.6 Å². The monoisotopic (exact) mass is 237 g/mol. The highest BCUT2D eigenvalue weighted by Gasteiger charge is 2.17. The van der Waals surface area contributed by atoms with Gasteiger partial charge in [-0.2, -0.15) is 0 Å². The molecule has 0 saturated carbocycles. The second-order valence-electron chi connectivity index (χ2n) is 4.52. The molecule has 1 amide bonds. The fourth-order valence-electron chi connectivity index (χ4n) is 2.02. The van der Waals surface area contributed by atoms with Crippen LogP contribution in [-0.4, -0.2) is 23.5 Å². The molecule has 0 radical (unpaired) electrons. The van der Waals surface area contributed by atoms with Crippen molar-refractivity contribution in [2.75, 3.05) is 6.54 Å². The molecule has 17 heavy (non-hydrogen) atoms. The second-order valence-corrected chi connectivity index (χ2v) is 4.52. The molecule has 2 rings (SSSR count). The van der Waals surface area contributed by atoms with E-state index in [-0.39, 0.29) is 5.91 Å². The number of amides is 1. The van der Waals surface area contributed by atoms with Crippen LogP contribution in [0.1, 0.15) is 36.6 Å². The van der Waals surface area contributed by atoms with Crippen molar-refractivity contribution in [2.24, 2.45) is 0 Å². The van der Waals surface area contributed by atoms with Crippen LogP contribution >= 0.6 is 0 Å². The Kier molecular flexibility index (Phi) is 3.78. The molecule has 5 nitrogen and oxygen atoms in total. The molecule has 1 aliphatic rings. The average molecular weight is 237 g/mol. The van der Waals surface area contributed by atoms with Gasteiger partial charge in [0, 0.05) is 12.5 Å². The number of nitrogens with one attached hydrogen (secondary N) is 2. The zero-order valence-corrected chi connectivity index (χ0v) is 10.4. The van der Waals surface area contributed by atoms with E-state index in [1.165, 1.54) is 0 Å². The lowest BCUT2D eigenvalue weighted by Crippen LogP contribution is -2.31. The minimum atomic E-state index is 0.0536. The molecule has 1 atom stereocenters. The van der Waals surface area contributed by atoms with Crippen molar-refractivity contribution in [3.63, 3.8) is 0 Å². The molecule has 1 aromatic heterocycles. The van der Waals surface area contributed by atoms with Crippen LogP contribution in [0.4, 0.5) is 0 Å². The fraction of sp³-hybridized carbons (Fsp3) is 0.667. The van der Waals surface area contributed by atoms with Gasteiger partial charge in [-0.25, -0.2) is 4.98 Å². The summed E-state index contributed by atoms with van der Waals surface area (Å²) in [5.41, 5.74) is 0.881. The van der Waals surface area contributed by atoms with E-state index in [9.17, 15) is 4.79 Å². The van der Waals surface area contributed by atoms with Crippen LogP contribution in [0.15, 0.2) is 4.42 Å². The Bertz CT molecular complexity index is 375. The highest BCUT2D eigenvalue weighted by atomic mass is 16.4. The van der Waals surface area contributed by atoms with Crippen molar-refractivity contribution in [1.82, 2.24) is 15.6 Å². The fourth-order valence-corrected chi connectivity index (χ4v) is 2.02. The van der Waals surface area contributed by atoms with E-state index in [1.807, 2.05) is 13.8 Å². The minimum absolute atomic E-state index is 0.0536. The number of oxazole rings is 1. The van der Waals surface area contributed by atoms with Crippen LogP contribution < -0.4 is 10.6 Å². The van der Waals surface area contributed by atoms with Gasteiger partial charge in [-0.05, 0) is 33.2 Å². The van der Waals surface area contributed by atoms with Crippen LogP contribution in [0.25, 0.3) is 0 Å². The summed E-state index contributed by atoms with van der Waals surface area (Å²) in [6.45, 7) is 5.17. The Hall–Kier alpha value is -1.36. The SMILES string of the molecule is Cc1nc(CNC(=O)CC2CCCN2)oc1C. The van der Waals surface area contributed by atoms with Crippen molar-refractivity contribution < 1.29 is 9.21 Å². The van der Waals surface area contributed by atoms with Crippen molar-refractivity contribution in [1.29, 1.82) is 0 Å². The van der Waals surface area contributed by atoms with Crippen LogP contribution in [0, 0.1) is 13.8 Å². The Morgan fingerprint density at radius 2 is 2.41 bits per heavy atom. The van der Waals surface area contributed by atoms with E-state index in [4.69, 9.17) is 4.42 Å². The Balaban J connectivity index is 1.75. The van der Waals surface area contributed by atoms with Gasteiger partial charge in [0.15, 0.2) is 0 Å². The molecule has 94 valence electrons. The first kappa shape index (κ1) is 12.1. The predicted molar refractivity (Wildman–Crippen MR) is 63.5 cm³/mol. The van der Waals surface area contributed by atoms with E-state index in [1.54, 1.807) is 0 Å². The van der Waals surface area contributed by atoms with Gasteiger partial charge in [-0.3, -0.25) is 4.79 Å². The average Bonchev–Trinajstić information content (AvgIpc) is 2.87. The molecule has 2 N–H and O–H groups in total. The quantitative estimate of drug-likeness (QED) is 0.821. The number of aromatic nitrogens is 1. The summed E-state index contributed by atoms with van der Waals surface area (Å²) in [5.74, 6) is 1.44. The third-order valence-electron chi connectivity index (χ3n) is 3.10. The number of carbonyl (C=O) groups is 1. The zero-order valence-electron chi connectivity index (χ0n) is 10.4. The summed E-state index contributed by atoms with van der Waals surface area (Å²) >= 11 is 0. The number of hydrogen-bond acceptors (Lipinski definition) is 4. The van der Waals surface area contributed by atoms with Gasteiger partial charge in [0.25, 0.3) is 0 Å². The predicted octanol–water partition coefficient (Wildman–Crippen LogP) is 1.05. The van der Waals surface area contributed by atoms with E-state index in [0.29, 0.717) is 24.9 Å². The Labute approximate surface area is 101 Å². The van der Waals surface area contributed by atoms with Crippen molar-refractivity contribution >= 4 is 5.91 Å². The van der Waals surface area contributed by atoms with E-state index >= 15 is 0 Å². The number of carbonyl (C=O) groups excluding carboxylic acids is 1. The van der Waals surface area contributed by atoms with Gasteiger partial charge < -0.3 is 15.1 Å². The maximum absolute atomic E-state index is 11.6. The molecule has 1 saturated heterocycles. The summed E-state index contributed by atoms with van der Waals surface area (Å²) in [6.07, 6.45) is 2.79. The third kappa shape index (κ3) is 3.30. The molecule has 2 heterocycles. The van der Waals surface area contributed by atoms with Gasteiger partial charge in [-0.15, -0.1) is 0 Å². The molecule has 5 heteroatoms. The first-order valence-corrected chi connectivity index (χ1v) is 6.08. The first-order chi connectivity index (χ1) is 8.15. The van der Waals surface area contributed by atoms with Crippen LogP contribution in [-0.2, 0) is 11.3 Å². The summed E-state index contributed by atoms with van der Waals surface area (Å²) in [6, 6.07) is 0.336. The summed E-state index contributed by atoms with van der Waals surface area (Å²) in [4.78, 5) is 15.9. The molecule has 1 fully saturated rings. The summed E-state index contributed by atoms with van der Waals surface area (Å²) in [5, 5.41) is 6.13. The number of rotatable bonds is 4.